The summed E-state index contributed by atoms with van der Waals surface area (Å²) in [5, 5.41) is 13.0. The summed E-state index contributed by atoms with van der Waals surface area (Å²) in [6.45, 7) is 3.14. The number of aryl methyl sites for hydroxylation is 1. The zero-order valence-corrected chi connectivity index (χ0v) is 11.1. The van der Waals surface area contributed by atoms with Crippen molar-refractivity contribution in [3.8, 4) is 0 Å². The van der Waals surface area contributed by atoms with Crippen molar-refractivity contribution in [1.29, 1.82) is 0 Å². The number of hydrogen-bond acceptors (Lipinski definition) is 4. The Morgan fingerprint density at radius 2 is 2.16 bits per heavy atom. The van der Waals surface area contributed by atoms with Gasteiger partial charge in [0, 0.05) is 38.3 Å². The van der Waals surface area contributed by atoms with E-state index in [4.69, 9.17) is 10.5 Å². The molecule has 1 aliphatic rings. The number of nitrogens with one attached hydrogen (secondary N) is 1. The van der Waals surface area contributed by atoms with Crippen LogP contribution in [0.2, 0.25) is 0 Å². The molecule has 4 N–H and O–H groups in total. The minimum Gasteiger partial charge on any atom is -0.398 e. The third-order valence-electron chi connectivity index (χ3n) is 3.57. The third kappa shape index (κ3) is 3.24. The van der Waals surface area contributed by atoms with E-state index in [0.717, 1.165) is 5.56 Å². The number of carbonyl (C=O) groups excluding carboxylic acids is 1. The molecule has 1 aromatic rings. The molecule has 1 saturated heterocycles. The summed E-state index contributed by atoms with van der Waals surface area (Å²) < 4.78 is 5.20. The van der Waals surface area contributed by atoms with Gasteiger partial charge in [-0.25, -0.2) is 0 Å². The van der Waals surface area contributed by atoms with Gasteiger partial charge >= 0.3 is 0 Å². The number of amides is 1. The summed E-state index contributed by atoms with van der Waals surface area (Å²) in [6.07, 6.45) is 1.08. The molecule has 0 aliphatic carbocycles. The number of aliphatic hydroxyl groups is 1. The maximum absolute atomic E-state index is 12.1. The van der Waals surface area contributed by atoms with Crippen LogP contribution in [0.4, 0.5) is 5.69 Å². The van der Waals surface area contributed by atoms with Crippen molar-refractivity contribution in [3.63, 3.8) is 0 Å². The van der Waals surface area contributed by atoms with Crippen LogP contribution in [0.5, 0.6) is 0 Å². The van der Waals surface area contributed by atoms with Crippen LogP contribution in [0.25, 0.3) is 0 Å². The van der Waals surface area contributed by atoms with Crippen LogP contribution in [-0.2, 0) is 4.74 Å². The molecule has 0 unspecified atom stereocenters. The van der Waals surface area contributed by atoms with Gasteiger partial charge in [0.25, 0.3) is 5.91 Å². The molecule has 0 aromatic heterocycles. The summed E-state index contributed by atoms with van der Waals surface area (Å²) in [4.78, 5) is 12.1. The van der Waals surface area contributed by atoms with Gasteiger partial charge in [-0.05, 0) is 18.6 Å². The number of anilines is 1. The van der Waals surface area contributed by atoms with Gasteiger partial charge in [0.1, 0.15) is 0 Å². The lowest BCUT2D eigenvalue weighted by Crippen LogP contribution is -2.46. The van der Waals surface area contributed by atoms with E-state index in [9.17, 15) is 9.90 Å². The number of hydrogen-bond donors (Lipinski definition) is 3. The molecule has 1 amide bonds. The Balaban J connectivity index is 1.99. The highest BCUT2D eigenvalue weighted by Gasteiger charge is 2.30. The van der Waals surface area contributed by atoms with Crippen LogP contribution < -0.4 is 11.1 Å². The van der Waals surface area contributed by atoms with Crippen molar-refractivity contribution in [1.82, 2.24) is 5.32 Å². The van der Waals surface area contributed by atoms with Gasteiger partial charge in [-0.1, -0.05) is 12.1 Å². The molecule has 0 spiro atoms. The molecule has 19 heavy (non-hydrogen) atoms. The van der Waals surface area contributed by atoms with E-state index in [0.29, 0.717) is 37.3 Å². The number of para-hydroxylation sites is 1. The molecule has 0 radical (unpaired) electrons. The first-order valence-electron chi connectivity index (χ1n) is 6.45. The summed E-state index contributed by atoms with van der Waals surface area (Å²) in [5.74, 6) is -0.249. The highest BCUT2D eigenvalue weighted by atomic mass is 16.5. The van der Waals surface area contributed by atoms with Crippen LogP contribution in [0, 0.1) is 6.92 Å². The van der Waals surface area contributed by atoms with E-state index < -0.39 is 5.60 Å². The fraction of sp³-hybridized carbons (Fsp3) is 0.500. The average Bonchev–Trinajstić information content (AvgIpc) is 2.40. The SMILES string of the molecule is Cc1cccc(C(=O)NCC2(O)CCOCC2)c1N. The van der Waals surface area contributed by atoms with Gasteiger partial charge in [-0.15, -0.1) is 0 Å². The fourth-order valence-corrected chi connectivity index (χ4v) is 2.15. The largest absolute Gasteiger partial charge is 0.398 e. The maximum Gasteiger partial charge on any atom is 0.253 e. The summed E-state index contributed by atoms with van der Waals surface area (Å²) in [5.41, 5.74) is 6.83. The molecule has 5 nitrogen and oxygen atoms in total. The average molecular weight is 264 g/mol. The van der Waals surface area contributed by atoms with Crippen LogP contribution in [-0.4, -0.2) is 36.4 Å². The number of carbonyl (C=O) groups is 1. The molecule has 0 saturated carbocycles. The van der Waals surface area contributed by atoms with E-state index in [1.54, 1.807) is 12.1 Å². The van der Waals surface area contributed by atoms with Crippen molar-refractivity contribution < 1.29 is 14.6 Å². The Hall–Kier alpha value is -1.59. The van der Waals surface area contributed by atoms with Gasteiger partial charge in [0.05, 0.1) is 11.2 Å². The summed E-state index contributed by atoms with van der Waals surface area (Å²) in [6, 6.07) is 5.34. The minimum atomic E-state index is -0.869. The molecule has 1 heterocycles. The van der Waals surface area contributed by atoms with Gasteiger partial charge in [-0.3, -0.25) is 4.79 Å². The van der Waals surface area contributed by atoms with E-state index >= 15 is 0 Å². The predicted octanol–water partition coefficient (Wildman–Crippen LogP) is 0.849. The van der Waals surface area contributed by atoms with Crippen molar-refractivity contribution >= 4 is 11.6 Å². The lowest BCUT2D eigenvalue weighted by atomic mass is 9.94. The van der Waals surface area contributed by atoms with Crippen LogP contribution in [0.3, 0.4) is 0 Å². The van der Waals surface area contributed by atoms with E-state index in [-0.39, 0.29) is 12.5 Å². The fourth-order valence-electron chi connectivity index (χ4n) is 2.15. The first kappa shape index (κ1) is 13.8. The second-order valence-electron chi connectivity index (χ2n) is 5.06. The third-order valence-corrected chi connectivity index (χ3v) is 3.57. The Morgan fingerprint density at radius 1 is 1.47 bits per heavy atom. The molecule has 1 fully saturated rings. The molecule has 2 rings (SSSR count). The van der Waals surface area contributed by atoms with Gasteiger partial charge in [0.15, 0.2) is 0 Å². The normalized spacial score (nSPS) is 18.0. The molecule has 5 heteroatoms. The topological polar surface area (TPSA) is 84.6 Å². The van der Waals surface area contributed by atoms with Gasteiger partial charge in [0.2, 0.25) is 0 Å². The van der Waals surface area contributed by atoms with Crippen molar-refractivity contribution in [3.05, 3.63) is 29.3 Å². The second-order valence-corrected chi connectivity index (χ2v) is 5.06. The van der Waals surface area contributed by atoms with E-state index in [1.165, 1.54) is 0 Å². The monoisotopic (exact) mass is 264 g/mol. The molecule has 104 valence electrons. The number of nitrogens with two attached hydrogens (primary N) is 1. The summed E-state index contributed by atoms with van der Waals surface area (Å²) >= 11 is 0. The molecule has 1 aromatic carbocycles. The molecular weight excluding hydrogens is 244 g/mol. The molecule has 0 atom stereocenters. The zero-order valence-electron chi connectivity index (χ0n) is 11.1. The highest BCUT2D eigenvalue weighted by molar-refractivity contribution is 5.99. The lowest BCUT2D eigenvalue weighted by molar-refractivity contribution is -0.0605. The lowest BCUT2D eigenvalue weighted by Gasteiger charge is -2.32. The molecule has 1 aliphatic heterocycles. The maximum atomic E-state index is 12.1. The number of rotatable bonds is 3. The second kappa shape index (κ2) is 5.59. The summed E-state index contributed by atoms with van der Waals surface area (Å²) in [7, 11) is 0. The minimum absolute atomic E-state index is 0.225. The first-order chi connectivity index (χ1) is 9.02. The van der Waals surface area contributed by atoms with Crippen molar-refractivity contribution in [2.75, 3.05) is 25.5 Å². The van der Waals surface area contributed by atoms with Crippen molar-refractivity contribution in [2.45, 2.75) is 25.4 Å². The number of nitrogen functional groups attached to an aromatic ring is 1. The number of ether oxygens (including phenoxy) is 1. The van der Waals surface area contributed by atoms with Crippen LogP contribution >= 0.6 is 0 Å². The standard InChI is InChI=1S/C14H20N2O3/c1-10-3-2-4-11(12(10)15)13(17)16-9-14(18)5-7-19-8-6-14/h2-4,18H,5-9,15H2,1H3,(H,16,17). The Kier molecular flexibility index (Phi) is 4.07. The number of benzene rings is 1. The Labute approximate surface area is 112 Å². The van der Waals surface area contributed by atoms with E-state index in [1.807, 2.05) is 13.0 Å². The van der Waals surface area contributed by atoms with Crippen LogP contribution in [0.1, 0.15) is 28.8 Å². The van der Waals surface area contributed by atoms with Gasteiger partial charge in [-0.2, -0.15) is 0 Å². The van der Waals surface area contributed by atoms with Crippen molar-refractivity contribution in [2.24, 2.45) is 0 Å². The predicted molar refractivity (Wildman–Crippen MR) is 72.9 cm³/mol. The van der Waals surface area contributed by atoms with Gasteiger partial charge < -0.3 is 20.9 Å². The highest BCUT2D eigenvalue weighted by Crippen LogP contribution is 2.20. The Morgan fingerprint density at radius 3 is 2.84 bits per heavy atom. The first-order valence-corrected chi connectivity index (χ1v) is 6.45. The quantitative estimate of drug-likeness (QED) is 0.707. The van der Waals surface area contributed by atoms with Crippen LogP contribution in [0.15, 0.2) is 18.2 Å². The smallest absolute Gasteiger partial charge is 0.253 e. The van der Waals surface area contributed by atoms with E-state index in [2.05, 4.69) is 5.32 Å². The Bertz CT molecular complexity index is 468. The molecular formula is C14H20N2O3. The molecule has 0 bridgehead atoms. The zero-order chi connectivity index (χ0) is 13.9.